The van der Waals surface area contributed by atoms with E-state index in [2.05, 4.69) is 10.6 Å². The van der Waals surface area contributed by atoms with Gasteiger partial charge in [-0.15, -0.1) is 0 Å². The quantitative estimate of drug-likeness (QED) is 0.866. The van der Waals surface area contributed by atoms with E-state index in [1.807, 2.05) is 0 Å². The van der Waals surface area contributed by atoms with Gasteiger partial charge in [-0.1, -0.05) is 6.42 Å². The van der Waals surface area contributed by atoms with Crippen LogP contribution in [0.1, 0.15) is 19.3 Å². The summed E-state index contributed by atoms with van der Waals surface area (Å²) in [4.78, 5) is 12.2. The number of ether oxygens (including phenoxy) is 3. The van der Waals surface area contributed by atoms with Gasteiger partial charge in [-0.2, -0.15) is 0 Å². The van der Waals surface area contributed by atoms with Crippen molar-refractivity contribution in [2.45, 2.75) is 25.3 Å². The molecule has 6 nitrogen and oxygen atoms in total. The lowest BCUT2D eigenvalue weighted by Crippen LogP contribution is -2.43. The molecular formula is C15H22N2O4. The molecule has 0 radical (unpaired) electrons. The molecule has 21 heavy (non-hydrogen) atoms. The van der Waals surface area contributed by atoms with Gasteiger partial charge in [0.1, 0.15) is 0 Å². The molecule has 1 aliphatic rings. The van der Waals surface area contributed by atoms with E-state index in [1.165, 1.54) is 0 Å². The highest BCUT2D eigenvalue weighted by molar-refractivity contribution is 5.95. The van der Waals surface area contributed by atoms with Crippen molar-refractivity contribution in [2.75, 3.05) is 33.2 Å². The molecule has 2 rings (SSSR count). The molecular weight excluding hydrogens is 272 g/mol. The molecule has 1 atom stereocenters. The minimum Gasteiger partial charge on any atom is -0.493 e. The van der Waals surface area contributed by atoms with Crippen LogP contribution in [0, 0.1) is 0 Å². The average molecular weight is 294 g/mol. The van der Waals surface area contributed by atoms with Crippen molar-refractivity contribution >= 4 is 11.6 Å². The van der Waals surface area contributed by atoms with Crippen LogP contribution in [0.5, 0.6) is 17.2 Å². The van der Waals surface area contributed by atoms with Gasteiger partial charge in [0.2, 0.25) is 11.7 Å². The first-order valence-electron chi connectivity index (χ1n) is 7.04. The molecule has 0 bridgehead atoms. The number of hydrogen-bond donors (Lipinski definition) is 2. The summed E-state index contributed by atoms with van der Waals surface area (Å²) in [6.07, 6.45) is 3.05. The Bertz CT molecular complexity index is 473. The smallest absolute Gasteiger partial charge is 0.241 e. The van der Waals surface area contributed by atoms with Crippen LogP contribution < -0.4 is 24.8 Å². The molecule has 0 saturated carbocycles. The molecule has 1 amide bonds. The van der Waals surface area contributed by atoms with Gasteiger partial charge in [0, 0.05) is 17.8 Å². The second-order valence-electron chi connectivity index (χ2n) is 4.91. The maximum absolute atomic E-state index is 12.2. The normalized spacial score (nSPS) is 18.0. The van der Waals surface area contributed by atoms with Gasteiger partial charge in [-0.05, 0) is 19.4 Å². The average Bonchev–Trinajstić information content (AvgIpc) is 2.54. The number of amides is 1. The number of anilines is 1. The predicted molar refractivity (Wildman–Crippen MR) is 80.4 cm³/mol. The number of nitrogens with one attached hydrogen (secondary N) is 2. The molecule has 1 heterocycles. The Morgan fingerprint density at radius 3 is 2.29 bits per heavy atom. The topological polar surface area (TPSA) is 68.8 Å². The number of rotatable bonds is 5. The number of hydrogen-bond acceptors (Lipinski definition) is 5. The van der Waals surface area contributed by atoms with Crippen LogP contribution >= 0.6 is 0 Å². The van der Waals surface area contributed by atoms with Crippen molar-refractivity contribution in [1.29, 1.82) is 0 Å². The van der Waals surface area contributed by atoms with E-state index < -0.39 is 0 Å². The first-order chi connectivity index (χ1) is 10.2. The molecule has 0 aromatic heterocycles. The van der Waals surface area contributed by atoms with Crippen molar-refractivity contribution in [1.82, 2.24) is 5.32 Å². The Morgan fingerprint density at radius 1 is 1.14 bits per heavy atom. The fraction of sp³-hybridized carbons (Fsp3) is 0.533. The number of carbonyl (C=O) groups is 1. The Balaban J connectivity index is 2.17. The van der Waals surface area contributed by atoms with Crippen LogP contribution in [0.3, 0.4) is 0 Å². The lowest BCUT2D eigenvalue weighted by molar-refractivity contribution is -0.118. The Morgan fingerprint density at radius 2 is 1.81 bits per heavy atom. The third kappa shape index (κ3) is 3.58. The summed E-state index contributed by atoms with van der Waals surface area (Å²) < 4.78 is 15.8. The zero-order chi connectivity index (χ0) is 15.2. The molecule has 1 saturated heterocycles. The van der Waals surface area contributed by atoms with Crippen molar-refractivity contribution in [3.8, 4) is 17.2 Å². The molecule has 6 heteroatoms. The van der Waals surface area contributed by atoms with Gasteiger partial charge in [0.05, 0.1) is 27.4 Å². The van der Waals surface area contributed by atoms with Gasteiger partial charge >= 0.3 is 0 Å². The molecule has 1 fully saturated rings. The van der Waals surface area contributed by atoms with Gasteiger partial charge in [0.25, 0.3) is 0 Å². The second kappa shape index (κ2) is 7.17. The first kappa shape index (κ1) is 15.4. The Labute approximate surface area is 124 Å². The van der Waals surface area contributed by atoms with E-state index >= 15 is 0 Å². The summed E-state index contributed by atoms with van der Waals surface area (Å²) in [5, 5.41) is 6.12. The van der Waals surface area contributed by atoms with E-state index in [4.69, 9.17) is 14.2 Å². The summed E-state index contributed by atoms with van der Waals surface area (Å²) in [5.74, 6) is 1.50. The molecule has 116 valence electrons. The van der Waals surface area contributed by atoms with Crippen LogP contribution in [0.4, 0.5) is 5.69 Å². The second-order valence-corrected chi connectivity index (χ2v) is 4.91. The summed E-state index contributed by atoms with van der Waals surface area (Å²) in [5.41, 5.74) is 0.627. The van der Waals surface area contributed by atoms with Crippen molar-refractivity contribution in [3.63, 3.8) is 0 Å². The van der Waals surface area contributed by atoms with E-state index in [-0.39, 0.29) is 11.9 Å². The van der Waals surface area contributed by atoms with E-state index in [0.29, 0.717) is 22.9 Å². The number of methoxy groups -OCH3 is 3. The molecule has 0 aliphatic carbocycles. The van der Waals surface area contributed by atoms with Crippen LogP contribution in [-0.4, -0.2) is 39.8 Å². The van der Waals surface area contributed by atoms with E-state index in [0.717, 1.165) is 25.8 Å². The van der Waals surface area contributed by atoms with Crippen LogP contribution in [0.15, 0.2) is 12.1 Å². The minimum atomic E-state index is -0.141. The lowest BCUT2D eigenvalue weighted by atomic mass is 10.0. The monoisotopic (exact) mass is 294 g/mol. The highest BCUT2D eigenvalue weighted by Gasteiger charge is 2.21. The third-order valence-corrected chi connectivity index (χ3v) is 3.56. The number of piperidine rings is 1. The fourth-order valence-corrected chi connectivity index (χ4v) is 2.46. The molecule has 0 unspecified atom stereocenters. The summed E-state index contributed by atoms with van der Waals surface area (Å²) in [6, 6.07) is 3.31. The number of carbonyl (C=O) groups excluding carboxylic acids is 1. The van der Waals surface area contributed by atoms with E-state index in [9.17, 15) is 4.79 Å². The van der Waals surface area contributed by atoms with Crippen LogP contribution in [0.2, 0.25) is 0 Å². The molecule has 1 aromatic rings. The highest BCUT2D eigenvalue weighted by Crippen LogP contribution is 2.39. The van der Waals surface area contributed by atoms with Gasteiger partial charge in [0.15, 0.2) is 11.5 Å². The Hall–Kier alpha value is -1.95. The largest absolute Gasteiger partial charge is 0.493 e. The minimum absolute atomic E-state index is 0.0380. The van der Waals surface area contributed by atoms with Gasteiger partial charge in [-0.3, -0.25) is 4.79 Å². The molecule has 1 aliphatic heterocycles. The zero-order valence-corrected chi connectivity index (χ0v) is 12.7. The fourth-order valence-electron chi connectivity index (χ4n) is 2.46. The van der Waals surface area contributed by atoms with Crippen molar-refractivity contribution in [3.05, 3.63) is 12.1 Å². The third-order valence-electron chi connectivity index (χ3n) is 3.56. The standard InChI is InChI=1S/C15H22N2O4/c1-19-12-8-10(9-13(20-2)14(12)21-3)17-15(18)11-6-4-5-7-16-11/h8-9,11,16H,4-7H2,1-3H3,(H,17,18)/t11-/m1/s1. The lowest BCUT2D eigenvalue weighted by Gasteiger charge is -2.23. The van der Waals surface area contributed by atoms with E-state index in [1.54, 1.807) is 33.5 Å². The Kier molecular flexibility index (Phi) is 5.27. The van der Waals surface area contributed by atoms with Gasteiger partial charge < -0.3 is 24.8 Å². The SMILES string of the molecule is COc1cc(NC(=O)[C@H]2CCCCN2)cc(OC)c1OC. The maximum atomic E-state index is 12.2. The summed E-state index contributed by atoms with van der Waals surface area (Å²) >= 11 is 0. The zero-order valence-electron chi connectivity index (χ0n) is 12.7. The molecule has 1 aromatic carbocycles. The summed E-state index contributed by atoms with van der Waals surface area (Å²) in [6.45, 7) is 0.882. The highest BCUT2D eigenvalue weighted by atomic mass is 16.5. The maximum Gasteiger partial charge on any atom is 0.241 e. The molecule has 2 N–H and O–H groups in total. The summed E-state index contributed by atoms with van der Waals surface area (Å²) in [7, 11) is 4.64. The first-order valence-corrected chi connectivity index (χ1v) is 7.04. The van der Waals surface area contributed by atoms with Gasteiger partial charge in [-0.25, -0.2) is 0 Å². The van der Waals surface area contributed by atoms with Crippen molar-refractivity contribution < 1.29 is 19.0 Å². The molecule has 0 spiro atoms. The van der Waals surface area contributed by atoms with Crippen LogP contribution in [-0.2, 0) is 4.79 Å². The number of benzene rings is 1. The van der Waals surface area contributed by atoms with Crippen LogP contribution in [0.25, 0.3) is 0 Å². The van der Waals surface area contributed by atoms with Crippen molar-refractivity contribution in [2.24, 2.45) is 0 Å². The predicted octanol–water partition coefficient (Wildman–Crippen LogP) is 1.79.